The van der Waals surface area contributed by atoms with Crippen molar-refractivity contribution in [1.29, 1.82) is 0 Å². The minimum absolute atomic E-state index is 0.284. The second-order valence-electron chi connectivity index (χ2n) is 4.88. The number of nitrogens with two attached hydrogens (primary N) is 1. The van der Waals surface area contributed by atoms with Crippen LogP contribution in [0.4, 0.5) is 0 Å². The molecule has 1 heterocycles. The molecule has 3 atom stereocenters. The van der Waals surface area contributed by atoms with Gasteiger partial charge in [-0.1, -0.05) is 35.0 Å². The topological polar surface area (TPSA) is 47.3 Å². The van der Waals surface area contributed by atoms with E-state index in [1.165, 1.54) is 5.56 Å². The summed E-state index contributed by atoms with van der Waals surface area (Å²) in [6, 6.07) is 8.69. The maximum atomic E-state index is 5.75. The van der Waals surface area contributed by atoms with Crippen LogP contribution >= 0.6 is 15.9 Å². The average Bonchev–Trinajstić information content (AvgIpc) is 2.84. The van der Waals surface area contributed by atoms with Crippen molar-refractivity contribution in [2.24, 2.45) is 11.8 Å². The van der Waals surface area contributed by atoms with E-state index in [0.717, 1.165) is 30.3 Å². The molecule has 4 heteroatoms. The molecule has 1 saturated heterocycles. The van der Waals surface area contributed by atoms with Crippen molar-refractivity contribution in [2.45, 2.75) is 38.3 Å². The molecule has 3 nitrogen and oxygen atoms in total. The smallest absolute Gasteiger partial charge is 0.0617 e. The number of ether oxygens (including phenoxy) is 1. The van der Waals surface area contributed by atoms with Gasteiger partial charge in [0.2, 0.25) is 0 Å². The zero-order valence-electron chi connectivity index (χ0n) is 10.7. The molecule has 3 unspecified atom stereocenters. The highest BCUT2D eigenvalue weighted by Crippen LogP contribution is 2.28. The molecule has 18 heavy (non-hydrogen) atoms. The second-order valence-corrected chi connectivity index (χ2v) is 5.79. The van der Waals surface area contributed by atoms with Gasteiger partial charge >= 0.3 is 0 Å². The first-order chi connectivity index (χ1) is 8.74. The van der Waals surface area contributed by atoms with Crippen LogP contribution in [0.25, 0.3) is 0 Å². The van der Waals surface area contributed by atoms with Crippen LogP contribution in [0.3, 0.4) is 0 Å². The van der Waals surface area contributed by atoms with Crippen LogP contribution in [-0.4, -0.2) is 18.8 Å². The minimum atomic E-state index is 0.284. The number of nitrogens with one attached hydrogen (secondary N) is 1. The Morgan fingerprint density at radius 2 is 2.39 bits per heavy atom. The molecule has 0 radical (unpaired) electrons. The van der Waals surface area contributed by atoms with Gasteiger partial charge < -0.3 is 4.74 Å². The van der Waals surface area contributed by atoms with Gasteiger partial charge in [-0.05, 0) is 37.0 Å². The minimum Gasteiger partial charge on any atom is -0.378 e. The Balaban J connectivity index is 2.05. The van der Waals surface area contributed by atoms with Gasteiger partial charge in [0.25, 0.3) is 0 Å². The van der Waals surface area contributed by atoms with Gasteiger partial charge in [-0.15, -0.1) is 0 Å². The number of hydrogen-bond donors (Lipinski definition) is 2. The summed E-state index contributed by atoms with van der Waals surface area (Å²) in [5.41, 5.74) is 4.28. The number of benzene rings is 1. The molecular weight excluding hydrogens is 292 g/mol. The van der Waals surface area contributed by atoms with Gasteiger partial charge in [-0.25, -0.2) is 0 Å². The number of rotatable bonds is 5. The maximum absolute atomic E-state index is 5.75. The first kappa shape index (κ1) is 14.0. The lowest BCUT2D eigenvalue weighted by atomic mass is 9.88. The molecule has 1 aromatic carbocycles. The molecule has 1 aliphatic rings. The fraction of sp³-hybridized carbons (Fsp3) is 0.571. The van der Waals surface area contributed by atoms with Crippen LogP contribution in [0.2, 0.25) is 0 Å². The Labute approximate surface area is 117 Å². The molecule has 3 N–H and O–H groups in total. The van der Waals surface area contributed by atoms with Crippen LogP contribution in [0.1, 0.15) is 25.3 Å². The van der Waals surface area contributed by atoms with E-state index in [1.807, 2.05) is 6.07 Å². The lowest BCUT2D eigenvalue weighted by Crippen LogP contribution is -2.45. The SMILES string of the molecule is CCC1OCCC1C(Cc1cccc(Br)c1)NN. The van der Waals surface area contributed by atoms with E-state index in [-0.39, 0.29) is 6.04 Å². The van der Waals surface area contributed by atoms with E-state index < -0.39 is 0 Å². The summed E-state index contributed by atoms with van der Waals surface area (Å²) in [6.45, 7) is 3.04. The van der Waals surface area contributed by atoms with Gasteiger partial charge in [0.15, 0.2) is 0 Å². The van der Waals surface area contributed by atoms with Gasteiger partial charge in [0.05, 0.1) is 6.10 Å². The van der Waals surface area contributed by atoms with Crippen LogP contribution in [-0.2, 0) is 11.2 Å². The monoisotopic (exact) mass is 312 g/mol. The van der Waals surface area contributed by atoms with Crippen LogP contribution in [0.5, 0.6) is 0 Å². The predicted molar refractivity (Wildman–Crippen MR) is 77.1 cm³/mol. The molecule has 1 aliphatic heterocycles. The van der Waals surface area contributed by atoms with E-state index in [0.29, 0.717) is 12.0 Å². The third-order valence-electron chi connectivity index (χ3n) is 3.74. The highest BCUT2D eigenvalue weighted by Gasteiger charge is 2.33. The van der Waals surface area contributed by atoms with Crippen molar-refractivity contribution in [3.8, 4) is 0 Å². The van der Waals surface area contributed by atoms with Gasteiger partial charge in [-0.2, -0.15) is 0 Å². The summed E-state index contributed by atoms with van der Waals surface area (Å²) in [7, 11) is 0. The normalized spacial score (nSPS) is 25.3. The van der Waals surface area contributed by atoms with Gasteiger partial charge in [-0.3, -0.25) is 11.3 Å². The average molecular weight is 313 g/mol. The molecule has 0 bridgehead atoms. The first-order valence-electron chi connectivity index (χ1n) is 6.56. The van der Waals surface area contributed by atoms with E-state index >= 15 is 0 Å². The van der Waals surface area contributed by atoms with Crippen molar-refractivity contribution in [1.82, 2.24) is 5.43 Å². The van der Waals surface area contributed by atoms with E-state index in [4.69, 9.17) is 10.6 Å². The molecule has 2 rings (SSSR count). The molecular formula is C14H21BrN2O. The van der Waals surface area contributed by atoms with E-state index in [1.54, 1.807) is 0 Å². The lowest BCUT2D eigenvalue weighted by Gasteiger charge is -2.26. The highest BCUT2D eigenvalue weighted by atomic mass is 79.9. The zero-order chi connectivity index (χ0) is 13.0. The molecule has 0 aromatic heterocycles. The molecule has 0 aliphatic carbocycles. The standard InChI is InChI=1S/C14H21BrN2O/c1-2-14-12(6-7-18-14)13(17-16)9-10-4-3-5-11(15)8-10/h3-5,8,12-14,17H,2,6-7,9,16H2,1H3. The fourth-order valence-electron chi connectivity index (χ4n) is 2.80. The van der Waals surface area contributed by atoms with E-state index in [9.17, 15) is 0 Å². The highest BCUT2D eigenvalue weighted by molar-refractivity contribution is 9.10. The molecule has 0 amide bonds. The zero-order valence-corrected chi connectivity index (χ0v) is 12.3. The molecule has 1 fully saturated rings. The van der Waals surface area contributed by atoms with Crippen molar-refractivity contribution in [3.63, 3.8) is 0 Å². The first-order valence-corrected chi connectivity index (χ1v) is 7.36. The number of halogens is 1. The Hall–Kier alpha value is -0.420. The Morgan fingerprint density at radius 3 is 3.06 bits per heavy atom. The summed E-state index contributed by atoms with van der Waals surface area (Å²) in [6.07, 6.45) is 3.45. The van der Waals surface area contributed by atoms with Crippen LogP contribution in [0.15, 0.2) is 28.7 Å². The fourth-order valence-corrected chi connectivity index (χ4v) is 3.24. The Kier molecular flexibility index (Phi) is 5.18. The second kappa shape index (κ2) is 6.66. The van der Waals surface area contributed by atoms with Gasteiger partial charge in [0.1, 0.15) is 0 Å². The summed E-state index contributed by atoms with van der Waals surface area (Å²) < 4.78 is 6.87. The quantitative estimate of drug-likeness (QED) is 0.649. The van der Waals surface area contributed by atoms with Crippen molar-refractivity contribution >= 4 is 15.9 Å². The van der Waals surface area contributed by atoms with E-state index in [2.05, 4.69) is 46.5 Å². The van der Waals surface area contributed by atoms with Gasteiger partial charge in [0, 0.05) is 23.0 Å². The largest absolute Gasteiger partial charge is 0.378 e. The predicted octanol–water partition coefficient (Wildman–Crippen LogP) is 2.64. The molecule has 100 valence electrons. The Bertz CT molecular complexity index is 386. The molecule has 0 saturated carbocycles. The summed E-state index contributed by atoms with van der Waals surface area (Å²) >= 11 is 3.51. The Morgan fingerprint density at radius 1 is 1.56 bits per heavy atom. The number of hydrogen-bond acceptors (Lipinski definition) is 3. The lowest BCUT2D eigenvalue weighted by molar-refractivity contribution is 0.0775. The third kappa shape index (κ3) is 3.32. The maximum Gasteiger partial charge on any atom is 0.0617 e. The number of hydrazine groups is 1. The van der Waals surface area contributed by atoms with Crippen molar-refractivity contribution in [3.05, 3.63) is 34.3 Å². The molecule has 0 spiro atoms. The van der Waals surface area contributed by atoms with Crippen molar-refractivity contribution < 1.29 is 4.74 Å². The summed E-state index contributed by atoms with van der Waals surface area (Å²) in [5, 5.41) is 0. The third-order valence-corrected chi connectivity index (χ3v) is 4.23. The van der Waals surface area contributed by atoms with Crippen LogP contribution < -0.4 is 11.3 Å². The van der Waals surface area contributed by atoms with Crippen molar-refractivity contribution in [2.75, 3.05) is 6.61 Å². The molecule has 1 aromatic rings. The summed E-state index contributed by atoms with van der Waals surface area (Å²) in [5.74, 6) is 6.25. The van der Waals surface area contributed by atoms with Crippen LogP contribution in [0, 0.1) is 5.92 Å². The summed E-state index contributed by atoms with van der Waals surface area (Å²) in [4.78, 5) is 0.